The molecule has 0 spiro atoms. The molecular formula is C26H25NO5. The fourth-order valence-electron chi connectivity index (χ4n) is 4.00. The Morgan fingerprint density at radius 1 is 0.875 bits per heavy atom. The Hall–Kier alpha value is -3.67. The highest BCUT2D eigenvalue weighted by Gasteiger charge is 2.43. The van der Waals surface area contributed by atoms with E-state index < -0.39 is 0 Å². The highest BCUT2D eigenvalue weighted by Crippen LogP contribution is 2.51. The van der Waals surface area contributed by atoms with E-state index in [2.05, 4.69) is 17.3 Å². The van der Waals surface area contributed by atoms with Crippen molar-refractivity contribution in [3.63, 3.8) is 0 Å². The molecule has 6 heteroatoms. The minimum Gasteiger partial charge on any atom is -0.497 e. The van der Waals surface area contributed by atoms with Crippen LogP contribution in [0.3, 0.4) is 0 Å². The summed E-state index contributed by atoms with van der Waals surface area (Å²) in [7, 11) is 3.32. The number of hydrogen-bond donors (Lipinski definition) is 0. The molecule has 1 aliphatic carbocycles. The van der Waals surface area contributed by atoms with E-state index in [0.29, 0.717) is 12.5 Å². The number of ether oxygens (including phenoxy) is 4. The van der Waals surface area contributed by atoms with Crippen LogP contribution in [0.4, 0.5) is 0 Å². The van der Waals surface area contributed by atoms with Crippen molar-refractivity contribution in [2.45, 2.75) is 18.9 Å². The predicted octanol–water partition coefficient (Wildman–Crippen LogP) is 5.16. The van der Waals surface area contributed by atoms with Crippen molar-refractivity contribution in [1.82, 2.24) is 0 Å². The van der Waals surface area contributed by atoms with Crippen LogP contribution in [0, 0.1) is 5.92 Å². The highest BCUT2D eigenvalue weighted by atomic mass is 16.7. The zero-order valence-electron chi connectivity index (χ0n) is 18.1. The maximum atomic E-state index is 5.80. The minimum atomic E-state index is 0.277. The van der Waals surface area contributed by atoms with Crippen LogP contribution in [0.2, 0.25) is 0 Å². The van der Waals surface area contributed by atoms with Gasteiger partial charge in [-0.3, -0.25) is 0 Å². The van der Waals surface area contributed by atoms with E-state index in [0.717, 1.165) is 46.3 Å². The lowest BCUT2D eigenvalue weighted by Crippen LogP contribution is -2.07. The van der Waals surface area contributed by atoms with E-state index in [1.807, 2.05) is 54.6 Å². The summed E-state index contributed by atoms with van der Waals surface area (Å²) in [6.07, 6.45) is 1.01. The van der Waals surface area contributed by atoms with Gasteiger partial charge in [-0.15, -0.1) is 0 Å². The van der Waals surface area contributed by atoms with Crippen LogP contribution < -0.4 is 18.9 Å². The summed E-state index contributed by atoms with van der Waals surface area (Å²) in [6.45, 7) is 0.676. The largest absolute Gasteiger partial charge is 0.497 e. The van der Waals surface area contributed by atoms with E-state index in [9.17, 15) is 0 Å². The molecular weight excluding hydrogens is 406 g/mol. The first-order valence-corrected chi connectivity index (χ1v) is 10.6. The van der Waals surface area contributed by atoms with Crippen molar-refractivity contribution in [1.29, 1.82) is 0 Å². The third-order valence-electron chi connectivity index (χ3n) is 5.91. The number of hydrogen-bond acceptors (Lipinski definition) is 6. The van der Waals surface area contributed by atoms with Gasteiger partial charge in [0.1, 0.15) is 18.1 Å². The molecule has 0 bridgehead atoms. The summed E-state index contributed by atoms with van der Waals surface area (Å²) >= 11 is 0. The van der Waals surface area contributed by atoms with E-state index in [1.165, 1.54) is 5.56 Å². The number of nitrogens with zero attached hydrogens (tertiary/aromatic N) is 1. The topological polar surface area (TPSA) is 58.5 Å². The molecule has 0 radical (unpaired) electrons. The molecule has 5 rings (SSSR count). The summed E-state index contributed by atoms with van der Waals surface area (Å²) in [4.78, 5) is 5.80. The van der Waals surface area contributed by atoms with E-state index in [4.69, 9.17) is 23.8 Å². The molecule has 2 atom stereocenters. The molecule has 0 unspecified atom stereocenters. The molecule has 3 aromatic rings. The van der Waals surface area contributed by atoms with Crippen molar-refractivity contribution >= 4 is 5.71 Å². The van der Waals surface area contributed by atoms with Crippen LogP contribution >= 0.6 is 0 Å². The van der Waals surface area contributed by atoms with Gasteiger partial charge >= 0.3 is 0 Å². The summed E-state index contributed by atoms with van der Waals surface area (Å²) in [6, 6.07) is 21.9. The lowest BCUT2D eigenvalue weighted by atomic mass is 10.0. The Kier molecular flexibility index (Phi) is 5.58. The molecule has 2 aliphatic rings. The fourth-order valence-corrected chi connectivity index (χ4v) is 4.00. The Bertz CT molecular complexity index is 1110. The number of rotatable bonds is 8. The molecule has 3 aromatic carbocycles. The van der Waals surface area contributed by atoms with Crippen LogP contribution in [-0.4, -0.2) is 26.7 Å². The molecule has 0 saturated heterocycles. The molecule has 1 heterocycles. The summed E-state index contributed by atoms with van der Waals surface area (Å²) in [5.74, 6) is 3.90. The Morgan fingerprint density at radius 3 is 2.28 bits per heavy atom. The van der Waals surface area contributed by atoms with E-state index >= 15 is 0 Å². The SMILES string of the molecule is COc1ccc(CO/N=C(/c2ccc(OC)cc2)[C@@H]2C[C@@H]2c2ccc3c(c2)OCO3)cc1. The Labute approximate surface area is 187 Å². The average Bonchev–Trinajstić information content (AvgIpc) is 3.49. The van der Waals surface area contributed by atoms with Gasteiger partial charge in [-0.1, -0.05) is 23.4 Å². The maximum absolute atomic E-state index is 5.80. The van der Waals surface area contributed by atoms with Gasteiger partial charge in [-0.25, -0.2) is 0 Å². The molecule has 1 aliphatic heterocycles. The minimum absolute atomic E-state index is 0.277. The molecule has 1 fully saturated rings. The summed E-state index contributed by atoms with van der Waals surface area (Å²) in [5.41, 5.74) is 4.25. The zero-order valence-corrected chi connectivity index (χ0v) is 18.1. The summed E-state index contributed by atoms with van der Waals surface area (Å²) in [5, 5.41) is 4.59. The van der Waals surface area contributed by atoms with Crippen LogP contribution in [0.5, 0.6) is 23.0 Å². The summed E-state index contributed by atoms with van der Waals surface area (Å²) < 4.78 is 21.5. The van der Waals surface area contributed by atoms with Gasteiger partial charge in [0, 0.05) is 5.92 Å². The third kappa shape index (κ3) is 4.21. The first-order chi connectivity index (χ1) is 15.7. The van der Waals surface area contributed by atoms with Gasteiger partial charge in [-0.05, 0) is 77.6 Å². The maximum Gasteiger partial charge on any atom is 0.231 e. The number of benzene rings is 3. The third-order valence-corrected chi connectivity index (χ3v) is 5.91. The van der Waals surface area contributed by atoms with Crippen LogP contribution in [0.15, 0.2) is 71.9 Å². The second kappa shape index (κ2) is 8.83. The zero-order chi connectivity index (χ0) is 21.9. The number of fused-ring (bicyclic) bond motifs is 1. The number of methoxy groups -OCH3 is 2. The van der Waals surface area contributed by atoms with Crippen LogP contribution in [-0.2, 0) is 11.4 Å². The van der Waals surface area contributed by atoms with Gasteiger partial charge in [0.05, 0.1) is 19.9 Å². The van der Waals surface area contributed by atoms with Gasteiger partial charge in [0.15, 0.2) is 11.5 Å². The second-order valence-electron chi connectivity index (χ2n) is 7.89. The first-order valence-electron chi connectivity index (χ1n) is 10.6. The van der Waals surface area contributed by atoms with Crippen molar-refractivity contribution in [2.75, 3.05) is 21.0 Å². The lowest BCUT2D eigenvalue weighted by Gasteiger charge is -2.09. The molecule has 0 amide bonds. The van der Waals surface area contributed by atoms with E-state index in [-0.39, 0.29) is 12.7 Å². The van der Waals surface area contributed by atoms with Gasteiger partial charge in [0.2, 0.25) is 6.79 Å². The smallest absolute Gasteiger partial charge is 0.231 e. The van der Waals surface area contributed by atoms with Crippen molar-refractivity contribution < 1.29 is 23.8 Å². The van der Waals surface area contributed by atoms with Crippen molar-refractivity contribution in [3.05, 3.63) is 83.4 Å². The van der Waals surface area contributed by atoms with Crippen LogP contribution in [0.1, 0.15) is 29.0 Å². The van der Waals surface area contributed by atoms with Crippen molar-refractivity contribution in [2.24, 2.45) is 11.1 Å². The second-order valence-corrected chi connectivity index (χ2v) is 7.89. The molecule has 0 N–H and O–H groups in total. The molecule has 1 saturated carbocycles. The number of oxime groups is 1. The standard InChI is InChI=1S/C26H25NO5/c1-28-20-8-3-17(4-9-20)15-32-27-26(18-5-10-21(29-2)11-6-18)23-14-22(23)19-7-12-24-25(13-19)31-16-30-24/h3-13,22-23H,14-16H2,1-2H3/b27-26-/t22-,23-/m1/s1. The van der Waals surface area contributed by atoms with Crippen LogP contribution in [0.25, 0.3) is 0 Å². The normalized spacial score (nSPS) is 18.9. The highest BCUT2D eigenvalue weighted by molar-refractivity contribution is 6.04. The Morgan fingerprint density at radius 2 is 1.56 bits per heavy atom. The fraction of sp³-hybridized carbons (Fsp3) is 0.269. The quantitative estimate of drug-likeness (QED) is 0.364. The average molecular weight is 431 g/mol. The Balaban J connectivity index is 1.35. The molecule has 164 valence electrons. The molecule has 0 aromatic heterocycles. The van der Waals surface area contributed by atoms with Gasteiger partial charge in [0.25, 0.3) is 0 Å². The van der Waals surface area contributed by atoms with Gasteiger partial charge in [-0.2, -0.15) is 0 Å². The molecule has 6 nitrogen and oxygen atoms in total. The van der Waals surface area contributed by atoms with Crippen molar-refractivity contribution in [3.8, 4) is 23.0 Å². The van der Waals surface area contributed by atoms with Gasteiger partial charge < -0.3 is 23.8 Å². The lowest BCUT2D eigenvalue weighted by molar-refractivity contribution is 0.130. The predicted molar refractivity (Wildman–Crippen MR) is 121 cm³/mol. The molecule has 32 heavy (non-hydrogen) atoms. The monoisotopic (exact) mass is 431 g/mol. The first kappa shape index (κ1) is 20.2. The van der Waals surface area contributed by atoms with E-state index in [1.54, 1.807) is 14.2 Å².